The molecule has 0 saturated heterocycles. The van der Waals surface area contributed by atoms with Crippen molar-refractivity contribution >= 4 is 17.0 Å². The molecule has 0 spiro atoms. The molecule has 0 aliphatic rings. The standard InChI is InChI=1S/C18H21N5O/c1-5-11-23-17(24)16-15(13(3)21-22(16)4)20-18(23)19-12(2)14-9-7-6-8-10-14/h5-10,12H,1,11H2,2-4H3,(H,19,20)/t12-/m1/s1. The minimum absolute atomic E-state index is 0.0172. The number of hydrogen-bond donors (Lipinski definition) is 1. The molecule has 0 bridgehead atoms. The summed E-state index contributed by atoms with van der Waals surface area (Å²) in [6.07, 6.45) is 1.69. The molecule has 6 nitrogen and oxygen atoms in total. The molecule has 0 radical (unpaired) electrons. The van der Waals surface area contributed by atoms with E-state index in [4.69, 9.17) is 0 Å². The number of fused-ring (bicyclic) bond motifs is 1. The number of nitrogens with one attached hydrogen (secondary N) is 1. The Bertz CT molecular complexity index is 939. The van der Waals surface area contributed by atoms with Gasteiger partial charge in [-0.25, -0.2) is 4.98 Å². The van der Waals surface area contributed by atoms with E-state index in [0.29, 0.717) is 23.5 Å². The van der Waals surface area contributed by atoms with Crippen LogP contribution < -0.4 is 10.9 Å². The van der Waals surface area contributed by atoms with E-state index in [9.17, 15) is 4.79 Å². The van der Waals surface area contributed by atoms with Crippen LogP contribution in [0.1, 0.15) is 24.2 Å². The Morgan fingerprint density at radius 2 is 2.04 bits per heavy atom. The van der Waals surface area contributed by atoms with Crippen molar-refractivity contribution in [3.8, 4) is 0 Å². The van der Waals surface area contributed by atoms with E-state index in [2.05, 4.69) is 22.0 Å². The van der Waals surface area contributed by atoms with Gasteiger partial charge in [0, 0.05) is 13.6 Å². The monoisotopic (exact) mass is 323 g/mol. The Morgan fingerprint density at radius 3 is 2.71 bits per heavy atom. The summed E-state index contributed by atoms with van der Waals surface area (Å²) in [7, 11) is 1.76. The van der Waals surface area contributed by atoms with Crippen LogP contribution in [0.15, 0.2) is 47.8 Å². The van der Waals surface area contributed by atoms with Crippen LogP contribution in [-0.4, -0.2) is 19.3 Å². The Morgan fingerprint density at radius 1 is 1.33 bits per heavy atom. The topological polar surface area (TPSA) is 64.7 Å². The zero-order valence-electron chi connectivity index (χ0n) is 14.2. The third-order valence-electron chi connectivity index (χ3n) is 4.07. The summed E-state index contributed by atoms with van der Waals surface area (Å²) in [5, 5.41) is 7.67. The van der Waals surface area contributed by atoms with Crippen LogP contribution in [0.2, 0.25) is 0 Å². The fourth-order valence-electron chi connectivity index (χ4n) is 2.84. The number of nitrogens with zero attached hydrogens (tertiary/aromatic N) is 4. The van der Waals surface area contributed by atoms with E-state index >= 15 is 0 Å². The minimum atomic E-state index is -0.120. The van der Waals surface area contributed by atoms with E-state index in [1.807, 2.05) is 44.2 Å². The number of benzene rings is 1. The van der Waals surface area contributed by atoms with Crippen LogP contribution in [0.25, 0.3) is 11.0 Å². The normalized spacial score (nSPS) is 12.3. The van der Waals surface area contributed by atoms with Crippen LogP contribution in [0.5, 0.6) is 0 Å². The summed E-state index contributed by atoms with van der Waals surface area (Å²) in [4.78, 5) is 17.5. The van der Waals surface area contributed by atoms with Gasteiger partial charge >= 0.3 is 0 Å². The van der Waals surface area contributed by atoms with Crippen molar-refractivity contribution in [3.05, 3.63) is 64.6 Å². The molecule has 1 atom stereocenters. The molecule has 0 aliphatic carbocycles. The maximum atomic E-state index is 12.9. The van der Waals surface area contributed by atoms with Crippen LogP contribution in [0, 0.1) is 6.92 Å². The van der Waals surface area contributed by atoms with Gasteiger partial charge in [0.2, 0.25) is 5.95 Å². The Balaban J connectivity index is 2.12. The summed E-state index contributed by atoms with van der Waals surface area (Å²) in [6.45, 7) is 8.03. The van der Waals surface area contributed by atoms with Gasteiger partial charge in [0.1, 0.15) is 5.52 Å². The summed E-state index contributed by atoms with van der Waals surface area (Å²) < 4.78 is 3.18. The van der Waals surface area contributed by atoms with E-state index in [0.717, 1.165) is 11.3 Å². The quantitative estimate of drug-likeness (QED) is 0.733. The molecule has 6 heteroatoms. The predicted molar refractivity (Wildman–Crippen MR) is 96.2 cm³/mol. The van der Waals surface area contributed by atoms with E-state index in [1.165, 1.54) is 0 Å². The zero-order chi connectivity index (χ0) is 17.3. The highest BCUT2D eigenvalue weighted by Crippen LogP contribution is 2.20. The van der Waals surface area contributed by atoms with Gasteiger partial charge in [-0.05, 0) is 19.4 Å². The number of rotatable bonds is 5. The maximum Gasteiger partial charge on any atom is 0.281 e. The lowest BCUT2D eigenvalue weighted by Crippen LogP contribution is -2.26. The number of anilines is 1. The molecule has 1 aromatic carbocycles. The maximum absolute atomic E-state index is 12.9. The van der Waals surface area contributed by atoms with Crippen molar-refractivity contribution in [1.82, 2.24) is 19.3 Å². The van der Waals surface area contributed by atoms with Crippen molar-refractivity contribution in [2.45, 2.75) is 26.4 Å². The van der Waals surface area contributed by atoms with Gasteiger partial charge < -0.3 is 5.32 Å². The van der Waals surface area contributed by atoms with Crippen LogP contribution in [-0.2, 0) is 13.6 Å². The van der Waals surface area contributed by atoms with Gasteiger partial charge in [-0.2, -0.15) is 5.10 Å². The van der Waals surface area contributed by atoms with Crippen LogP contribution in [0.3, 0.4) is 0 Å². The van der Waals surface area contributed by atoms with Crippen LogP contribution in [0.4, 0.5) is 5.95 Å². The lowest BCUT2D eigenvalue weighted by atomic mass is 10.1. The van der Waals surface area contributed by atoms with Crippen molar-refractivity contribution in [2.24, 2.45) is 7.05 Å². The summed E-state index contributed by atoms with van der Waals surface area (Å²) in [5.41, 5.74) is 2.88. The summed E-state index contributed by atoms with van der Waals surface area (Å²) in [6, 6.07) is 10.1. The summed E-state index contributed by atoms with van der Waals surface area (Å²) in [5.74, 6) is 0.528. The molecule has 0 amide bonds. The fourth-order valence-corrected chi connectivity index (χ4v) is 2.84. The van der Waals surface area contributed by atoms with Gasteiger partial charge in [0.25, 0.3) is 5.56 Å². The SMILES string of the molecule is C=CCn1c(N[C@H](C)c2ccccc2)nc2c(C)nn(C)c2c1=O. The first-order valence-electron chi connectivity index (χ1n) is 7.89. The lowest BCUT2D eigenvalue weighted by Gasteiger charge is -2.18. The number of hydrogen-bond acceptors (Lipinski definition) is 4. The second kappa shape index (κ2) is 6.31. The molecule has 3 rings (SSSR count). The molecule has 2 heterocycles. The molecular weight excluding hydrogens is 302 g/mol. The first-order valence-corrected chi connectivity index (χ1v) is 7.89. The fraction of sp³-hybridized carbons (Fsp3) is 0.278. The van der Waals surface area contributed by atoms with Gasteiger partial charge in [-0.3, -0.25) is 14.0 Å². The molecular formula is C18H21N5O. The third-order valence-corrected chi connectivity index (χ3v) is 4.07. The average molecular weight is 323 g/mol. The van der Waals surface area contributed by atoms with Crippen molar-refractivity contribution < 1.29 is 0 Å². The molecule has 0 saturated carbocycles. The summed E-state index contributed by atoms with van der Waals surface area (Å²) >= 11 is 0. The first kappa shape index (κ1) is 16.0. The largest absolute Gasteiger partial charge is 0.349 e. The van der Waals surface area contributed by atoms with E-state index in [-0.39, 0.29) is 11.6 Å². The lowest BCUT2D eigenvalue weighted by molar-refractivity contribution is 0.729. The van der Waals surface area contributed by atoms with Crippen molar-refractivity contribution in [3.63, 3.8) is 0 Å². The van der Waals surface area contributed by atoms with Gasteiger partial charge in [0.15, 0.2) is 5.52 Å². The van der Waals surface area contributed by atoms with Gasteiger partial charge in [-0.15, -0.1) is 6.58 Å². The predicted octanol–water partition coefficient (Wildman–Crippen LogP) is 2.80. The van der Waals surface area contributed by atoms with Gasteiger partial charge in [0.05, 0.1) is 11.7 Å². The highest BCUT2D eigenvalue weighted by Gasteiger charge is 2.17. The molecule has 124 valence electrons. The average Bonchev–Trinajstić information content (AvgIpc) is 2.86. The Labute approximate surface area is 140 Å². The molecule has 0 aliphatic heterocycles. The highest BCUT2D eigenvalue weighted by atomic mass is 16.1. The molecule has 1 N–H and O–H groups in total. The van der Waals surface area contributed by atoms with Gasteiger partial charge in [-0.1, -0.05) is 36.4 Å². The smallest absolute Gasteiger partial charge is 0.281 e. The highest BCUT2D eigenvalue weighted by molar-refractivity contribution is 5.77. The number of aryl methyl sites for hydroxylation is 2. The molecule has 0 unspecified atom stereocenters. The minimum Gasteiger partial charge on any atom is -0.349 e. The molecule has 24 heavy (non-hydrogen) atoms. The molecule has 3 aromatic rings. The number of aromatic nitrogens is 4. The second-order valence-electron chi connectivity index (χ2n) is 5.82. The third kappa shape index (κ3) is 2.71. The Kier molecular flexibility index (Phi) is 4.20. The number of allylic oxidation sites excluding steroid dienone is 1. The van der Waals surface area contributed by atoms with E-state index < -0.39 is 0 Å². The zero-order valence-corrected chi connectivity index (χ0v) is 14.2. The molecule has 0 fully saturated rings. The van der Waals surface area contributed by atoms with Crippen LogP contribution >= 0.6 is 0 Å². The first-order chi connectivity index (χ1) is 11.5. The van der Waals surface area contributed by atoms with E-state index in [1.54, 1.807) is 22.4 Å². The van der Waals surface area contributed by atoms with Crippen molar-refractivity contribution in [2.75, 3.05) is 5.32 Å². The van der Waals surface area contributed by atoms with Crippen molar-refractivity contribution in [1.29, 1.82) is 0 Å². The molecule has 2 aromatic heterocycles. The second-order valence-corrected chi connectivity index (χ2v) is 5.82. The Hall–Kier alpha value is -2.89.